The van der Waals surface area contributed by atoms with Gasteiger partial charge in [0.25, 0.3) is 0 Å². The Balaban J connectivity index is 2.76. The van der Waals surface area contributed by atoms with Crippen LogP contribution in [0.3, 0.4) is 0 Å². The van der Waals surface area contributed by atoms with Crippen LogP contribution in [0.25, 0.3) is 0 Å². The van der Waals surface area contributed by atoms with E-state index < -0.39 is 18.7 Å². The van der Waals surface area contributed by atoms with Crippen LogP contribution in [0, 0.1) is 0 Å². The third-order valence-corrected chi connectivity index (χ3v) is 2.22. The largest absolute Gasteiger partial charge is 0.530 e. The molecule has 0 heterocycles. The quantitative estimate of drug-likeness (QED) is 0.786. The number of carboxylic acid groups (broad SMARTS) is 1. The Morgan fingerprint density at radius 2 is 2.00 bits per heavy atom. The summed E-state index contributed by atoms with van der Waals surface area (Å²) in [6, 6.07) is 4.81. The molecule has 7 heteroatoms. The molecule has 18 heavy (non-hydrogen) atoms. The zero-order valence-corrected chi connectivity index (χ0v) is 9.31. The highest BCUT2D eigenvalue weighted by Gasteiger charge is 2.11. The maximum absolute atomic E-state index is 11.9. The second kappa shape index (κ2) is 6.75. The van der Waals surface area contributed by atoms with Gasteiger partial charge in [-0.15, -0.1) is 0 Å². The van der Waals surface area contributed by atoms with Crippen LogP contribution in [0.2, 0.25) is 0 Å². The first-order valence-electron chi connectivity index (χ1n) is 5.16. The minimum absolute atomic E-state index is 0.0232. The molecule has 0 spiro atoms. The summed E-state index contributed by atoms with van der Waals surface area (Å²) in [5.41, 5.74) is 0.523. The number of benzene rings is 1. The average Bonchev–Trinajstić information content (AvgIpc) is 2.28. The molecule has 2 N–H and O–H groups in total. The summed E-state index contributed by atoms with van der Waals surface area (Å²) in [6.45, 7) is -3.13. The van der Waals surface area contributed by atoms with E-state index in [1.165, 1.54) is 24.3 Å². The van der Waals surface area contributed by atoms with Crippen LogP contribution in [0.5, 0.6) is 5.75 Å². The average molecular weight is 260 g/mol. The molecule has 0 aromatic heterocycles. The van der Waals surface area contributed by atoms with Crippen molar-refractivity contribution in [3.8, 4) is 5.75 Å². The van der Waals surface area contributed by atoms with Gasteiger partial charge in [-0.25, -0.2) is 0 Å². The van der Waals surface area contributed by atoms with Crippen LogP contribution in [-0.2, 0) is 0 Å². The number of aliphatic hydroxyl groups excluding tert-OH is 1. The standard InChI is InChI=1S/C11H13F2NO4/c12-10(13)18-8-3-1-7(2-4-8)9(5-6-15)14-11(16)17/h1-4,9-10,14-15H,5-6H2,(H,16,17)/p-1/t9-/m1/s1. The summed E-state index contributed by atoms with van der Waals surface area (Å²) >= 11 is 0. The van der Waals surface area contributed by atoms with E-state index in [9.17, 15) is 18.7 Å². The number of carbonyl (C=O) groups is 1. The van der Waals surface area contributed by atoms with Crippen LogP contribution in [0.15, 0.2) is 24.3 Å². The predicted molar refractivity (Wildman–Crippen MR) is 56.0 cm³/mol. The van der Waals surface area contributed by atoms with E-state index in [0.717, 1.165) is 0 Å². The van der Waals surface area contributed by atoms with Crippen molar-refractivity contribution in [2.75, 3.05) is 6.61 Å². The summed E-state index contributed by atoms with van der Waals surface area (Å²) in [7, 11) is 0. The normalized spacial score (nSPS) is 12.2. The van der Waals surface area contributed by atoms with Crippen molar-refractivity contribution in [2.45, 2.75) is 19.1 Å². The van der Waals surface area contributed by atoms with Gasteiger partial charge < -0.3 is 25.1 Å². The highest BCUT2D eigenvalue weighted by Crippen LogP contribution is 2.21. The molecule has 1 rings (SSSR count). The Morgan fingerprint density at radius 1 is 1.39 bits per heavy atom. The number of amides is 1. The first-order chi connectivity index (χ1) is 8.52. The molecule has 0 unspecified atom stereocenters. The molecule has 0 saturated carbocycles. The summed E-state index contributed by atoms with van der Waals surface area (Å²) < 4.78 is 28.0. The lowest BCUT2D eigenvalue weighted by Crippen LogP contribution is -2.39. The van der Waals surface area contributed by atoms with Crippen LogP contribution in [0.4, 0.5) is 13.6 Å². The smallest absolute Gasteiger partial charge is 0.387 e. The van der Waals surface area contributed by atoms with Crippen molar-refractivity contribution in [3.63, 3.8) is 0 Å². The Bertz CT molecular complexity index is 383. The molecule has 100 valence electrons. The van der Waals surface area contributed by atoms with Gasteiger partial charge in [-0.2, -0.15) is 8.78 Å². The fourth-order valence-corrected chi connectivity index (χ4v) is 1.48. The summed E-state index contributed by atoms with van der Waals surface area (Å²) in [5.74, 6) is -0.0232. The predicted octanol–water partition coefficient (Wildman–Crippen LogP) is 0.644. The van der Waals surface area contributed by atoms with Gasteiger partial charge in [0.1, 0.15) is 11.8 Å². The molecule has 0 aliphatic carbocycles. The number of ether oxygens (including phenoxy) is 1. The lowest BCUT2D eigenvalue weighted by molar-refractivity contribution is -0.251. The Morgan fingerprint density at radius 3 is 2.44 bits per heavy atom. The van der Waals surface area contributed by atoms with Crippen molar-refractivity contribution in [1.82, 2.24) is 5.32 Å². The van der Waals surface area contributed by atoms with Gasteiger partial charge in [-0.3, -0.25) is 0 Å². The fraction of sp³-hybridized carbons (Fsp3) is 0.364. The van der Waals surface area contributed by atoms with Crippen LogP contribution in [-0.4, -0.2) is 24.4 Å². The first-order valence-corrected chi connectivity index (χ1v) is 5.16. The lowest BCUT2D eigenvalue weighted by atomic mass is 10.0. The molecule has 1 aromatic rings. The van der Waals surface area contributed by atoms with Crippen molar-refractivity contribution in [1.29, 1.82) is 0 Å². The van der Waals surface area contributed by atoms with Gasteiger partial charge in [-0.05, 0) is 24.1 Å². The molecule has 0 aliphatic heterocycles. The molecule has 1 amide bonds. The minimum Gasteiger partial charge on any atom is -0.530 e. The molecule has 0 saturated heterocycles. The van der Waals surface area contributed by atoms with E-state index >= 15 is 0 Å². The summed E-state index contributed by atoms with van der Waals surface area (Å²) in [6.07, 6.45) is -1.32. The Kier molecular flexibility index (Phi) is 5.31. The third-order valence-electron chi connectivity index (χ3n) is 2.22. The Hall–Kier alpha value is -1.89. The van der Waals surface area contributed by atoms with E-state index in [4.69, 9.17) is 5.11 Å². The van der Waals surface area contributed by atoms with Gasteiger partial charge in [0.05, 0.1) is 6.04 Å². The number of alkyl halides is 2. The summed E-state index contributed by atoms with van der Waals surface area (Å²) in [5, 5.41) is 21.4. The molecule has 0 aliphatic rings. The van der Waals surface area contributed by atoms with Crippen LogP contribution < -0.4 is 15.2 Å². The van der Waals surface area contributed by atoms with E-state index in [0.29, 0.717) is 5.56 Å². The SMILES string of the molecule is O=C([O-])N[C@H](CCO)c1ccc(OC(F)F)cc1. The topological polar surface area (TPSA) is 81.6 Å². The third kappa shape index (κ3) is 4.54. The van der Waals surface area contributed by atoms with Crippen molar-refractivity contribution >= 4 is 6.09 Å². The summed E-state index contributed by atoms with van der Waals surface area (Å²) in [4.78, 5) is 10.4. The molecular formula is C11H12F2NO4-. The molecule has 5 nitrogen and oxygen atoms in total. The lowest BCUT2D eigenvalue weighted by Gasteiger charge is -2.20. The number of hydrogen-bond acceptors (Lipinski definition) is 4. The highest BCUT2D eigenvalue weighted by atomic mass is 19.3. The highest BCUT2D eigenvalue weighted by molar-refractivity contribution is 5.62. The van der Waals surface area contributed by atoms with E-state index in [1.807, 2.05) is 0 Å². The zero-order valence-electron chi connectivity index (χ0n) is 9.31. The number of nitrogens with one attached hydrogen (secondary N) is 1. The molecular weight excluding hydrogens is 248 g/mol. The van der Waals surface area contributed by atoms with Gasteiger partial charge >= 0.3 is 6.61 Å². The van der Waals surface area contributed by atoms with E-state index in [2.05, 4.69) is 10.1 Å². The minimum atomic E-state index is -2.91. The number of aliphatic hydroxyl groups is 1. The number of carbonyl (C=O) groups excluding carboxylic acids is 1. The number of rotatable bonds is 6. The molecule has 0 bridgehead atoms. The van der Waals surface area contributed by atoms with Gasteiger partial charge in [0.15, 0.2) is 0 Å². The first kappa shape index (κ1) is 14.2. The Labute approximate surface area is 102 Å². The molecule has 1 atom stereocenters. The maximum atomic E-state index is 11.9. The van der Waals surface area contributed by atoms with Gasteiger partial charge in [0.2, 0.25) is 0 Å². The number of halogens is 2. The van der Waals surface area contributed by atoms with E-state index in [-0.39, 0.29) is 18.8 Å². The molecule has 0 fully saturated rings. The number of hydrogen-bond donors (Lipinski definition) is 2. The monoisotopic (exact) mass is 260 g/mol. The second-order valence-electron chi connectivity index (χ2n) is 3.44. The van der Waals surface area contributed by atoms with Gasteiger partial charge in [-0.1, -0.05) is 12.1 Å². The molecule has 0 radical (unpaired) electrons. The van der Waals surface area contributed by atoms with E-state index in [1.54, 1.807) is 0 Å². The van der Waals surface area contributed by atoms with Crippen LogP contribution in [0.1, 0.15) is 18.0 Å². The fourth-order valence-electron chi connectivity index (χ4n) is 1.48. The van der Waals surface area contributed by atoms with Gasteiger partial charge in [0, 0.05) is 6.61 Å². The molecule has 1 aromatic carbocycles. The maximum Gasteiger partial charge on any atom is 0.387 e. The second-order valence-corrected chi connectivity index (χ2v) is 3.44. The van der Waals surface area contributed by atoms with Crippen LogP contribution >= 0.6 is 0 Å². The van der Waals surface area contributed by atoms with Crippen molar-refractivity contribution in [3.05, 3.63) is 29.8 Å². The van der Waals surface area contributed by atoms with Crippen molar-refractivity contribution in [2.24, 2.45) is 0 Å². The zero-order chi connectivity index (χ0) is 13.5. The van der Waals surface area contributed by atoms with Crippen molar-refractivity contribution < 1.29 is 28.5 Å².